The van der Waals surface area contributed by atoms with Gasteiger partial charge in [0.25, 0.3) is 11.6 Å². The van der Waals surface area contributed by atoms with Crippen molar-refractivity contribution in [3.05, 3.63) is 82.0 Å². The summed E-state index contributed by atoms with van der Waals surface area (Å²) in [5, 5.41) is 21.2. The van der Waals surface area contributed by atoms with Gasteiger partial charge in [-0.2, -0.15) is 10.2 Å². The molecule has 0 unspecified atom stereocenters. The molecule has 3 rings (SSSR count). The number of hydrogen-bond acceptors (Lipinski definition) is 5. The lowest BCUT2D eigenvalue weighted by Crippen LogP contribution is -2.17. The summed E-state index contributed by atoms with van der Waals surface area (Å²) in [6, 6.07) is 16.9. The second kappa shape index (κ2) is 7.18. The van der Waals surface area contributed by atoms with E-state index < -0.39 is 10.8 Å². The van der Waals surface area contributed by atoms with Crippen molar-refractivity contribution in [3.8, 4) is 11.3 Å². The lowest BCUT2D eigenvalue weighted by Gasteiger charge is -1.96. The smallest absolute Gasteiger partial charge is 0.272 e. The van der Waals surface area contributed by atoms with E-state index in [9.17, 15) is 14.9 Å². The molecule has 2 aromatic carbocycles. The Kier molecular flexibility index (Phi) is 4.61. The monoisotopic (exact) mass is 335 g/mol. The number of benzene rings is 2. The summed E-state index contributed by atoms with van der Waals surface area (Å²) in [5.41, 5.74) is 4.82. The van der Waals surface area contributed by atoms with Gasteiger partial charge in [0.2, 0.25) is 0 Å². The molecule has 124 valence electrons. The molecule has 0 aliphatic carbocycles. The second-order valence-corrected chi connectivity index (χ2v) is 5.08. The predicted octanol–water partition coefficient (Wildman–Crippen LogP) is 2.75. The highest BCUT2D eigenvalue weighted by atomic mass is 16.6. The SMILES string of the molecule is O=C(NN=Cc1ccc([N+](=O)[O-])cc1)c1cc(-c2ccccc2)n[nH]1. The van der Waals surface area contributed by atoms with E-state index >= 15 is 0 Å². The van der Waals surface area contributed by atoms with E-state index in [1.54, 1.807) is 6.07 Å². The number of aromatic nitrogens is 2. The van der Waals surface area contributed by atoms with Crippen molar-refractivity contribution in [2.24, 2.45) is 5.10 Å². The molecule has 8 nitrogen and oxygen atoms in total. The highest BCUT2D eigenvalue weighted by Gasteiger charge is 2.10. The van der Waals surface area contributed by atoms with Crippen molar-refractivity contribution >= 4 is 17.8 Å². The van der Waals surface area contributed by atoms with Crippen molar-refractivity contribution in [1.29, 1.82) is 0 Å². The van der Waals surface area contributed by atoms with Gasteiger partial charge in [0.05, 0.1) is 16.8 Å². The van der Waals surface area contributed by atoms with E-state index in [-0.39, 0.29) is 11.4 Å². The number of amides is 1. The lowest BCUT2D eigenvalue weighted by molar-refractivity contribution is -0.384. The van der Waals surface area contributed by atoms with Crippen molar-refractivity contribution in [1.82, 2.24) is 15.6 Å². The maximum atomic E-state index is 12.0. The maximum absolute atomic E-state index is 12.0. The first-order valence-electron chi connectivity index (χ1n) is 7.32. The normalized spacial score (nSPS) is 10.7. The van der Waals surface area contributed by atoms with Crippen LogP contribution in [0.25, 0.3) is 11.3 Å². The lowest BCUT2D eigenvalue weighted by atomic mass is 10.1. The Morgan fingerprint density at radius 3 is 2.56 bits per heavy atom. The van der Waals surface area contributed by atoms with Crippen LogP contribution < -0.4 is 5.43 Å². The number of H-pyrrole nitrogens is 1. The quantitative estimate of drug-likeness (QED) is 0.424. The highest BCUT2D eigenvalue weighted by molar-refractivity contribution is 5.94. The van der Waals surface area contributed by atoms with Gasteiger partial charge >= 0.3 is 0 Å². The standard InChI is InChI=1S/C17H13N5O3/c23-17(16-10-15(19-20-16)13-4-2-1-3-5-13)21-18-11-12-6-8-14(9-7-12)22(24)25/h1-11H,(H,19,20)(H,21,23). The second-order valence-electron chi connectivity index (χ2n) is 5.08. The molecule has 0 saturated heterocycles. The molecule has 0 aliphatic rings. The molecule has 8 heteroatoms. The summed E-state index contributed by atoms with van der Waals surface area (Å²) in [4.78, 5) is 22.1. The van der Waals surface area contributed by atoms with Gasteiger partial charge < -0.3 is 0 Å². The van der Waals surface area contributed by atoms with Gasteiger partial charge in [0.1, 0.15) is 5.69 Å². The van der Waals surface area contributed by atoms with Gasteiger partial charge in [-0.25, -0.2) is 5.43 Å². The number of non-ortho nitro benzene ring substituents is 1. The first kappa shape index (κ1) is 16.1. The number of nitrogens with zero attached hydrogens (tertiary/aromatic N) is 3. The average Bonchev–Trinajstić information content (AvgIpc) is 3.13. The summed E-state index contributed by atoms with van der Waals surface area (Å²) >= 11 is 0. The van der Waals surface area contributed by atoms with E-state index in [4.69, 9.17) is 0 Å². The van der Waals surface area contributed by atoms with Gasteiger partial charge in [0, 0.05) is 17.7 Å². The molecule has 0 fully saturated rings. The Morgan fingerprint density at radius 1 is 1.16 bits per heavy atom. The Hall–Kier alpha value is -3.81. The first-order chi connectivity index (χ1) is 12.1. The molecule has 0 aliphatic heterocycles. The largest absolute Gasteiger partial charge is 0.289 e. The van der Waals surface area contributed by atoms with E-state index in [1.165, 1.54) is 30.5 Å². The Morgan fingerprint density at radius 2 is 1.88 bits per heavy atom. The third-order valence-electron chi connectivity index (χ3n) is 3.38. The van der Waals surface area contributed by atoms with Crippen molar-refractivity contribution in [2.45, 2.75) is 0 Å². The van der Waals surface area contributed by atoms with E-state index in [0.29, 0.717) is 11.3 Å². The number of nitro groups is 1. The molecule has 0 atom stereocenters. The molecule has 0 spiro atoms. The summed E-state index contributed by atoms with van der Waals surface area (Å²) in [7, 11) is 0. The number of rotatable bonds is 5. The Balaban J connectivity index is 1.63. The van der Waals surface area contributed by atoms with Gasteiger partial charge in [0.15, 0.2) is 0 Å². The summed E-state index contributed by atoms with van der Waals surface area (Å²) in [6.07, 6.45) is 1.40. The Bertz CT molecular complexity index is 917. The van der Waals surface area contributed by atoms with E-state index in [2.05, 4.69) is 20.7 Å². The zero-order valence-electron chi connectivity index (χ0n) is 12.9. The van der Waals surface area contributed by atoms with E-state index in [1.807, 2.05) is 30.3 Å². The first-order valence-corrected chi connectivity index (χ1v) is 7.32. The van der Waals surface area contributed by atoms with Crippen LogP contribution in [-0.4, -0.2) is 27.2 Å². The minimum Gasteiger partial charge on any atom is -0.272 e. The predicted molar refractivity (Wildman–Crippen MR) is 92.2 cm³/mol. The zero-order valence-corrected chi connectivity index (χ0v) is 12.9. The number of nitro benzene ring substituents is 1. The fraction of sp³-hybridized carbons (Fsp3) is 0. The van der Waals surface area contributed by atoms with Crippen LogP contribution in [0.15, 0.2) is 65.8 Å². The topological polar surface area (TPSA) is 113 Å². The van der Waals surface area contributed by atoms with Crippen LogP contribution >= 0.6 is 0 Å². The minimum absolute atomic E-state index is 0.00733. The van der Waals surface area contributed by atoms with Gasteiger partial charge in [-0.1, -0.05) is 30.3 Å². The van der Waals surface area contributed by atoms with Crippen LogP contribution in [0, 0.1) is 10.1 Å². The zero-order chi connectivity index (χ0) is 17.6. The average molecular weight is 335 g/mol. The highest BCUT2D eigenvalue weighted by Crippen LogP contribution is 2.16. The number of carbonyl (C=O) groups is 1. The summed E-state index contributed by atoms with van der Waals surface area (Å²) in [5.74, 6) is -0.437. The molecule has 1 aromatic heterocycles. The van der Waals surface area contributed by atoms with Crippen molar-refractivity contribution < 1.29 is 9.72 Å². The van der Waals surface area contributed by atoms with E-state index in [0.717, 1.165) is 5.56 Å². The number of nitrogens with one attached hydrogen (secondary N) is 2. The van der Waals surface area contributed by atoms with Crippen LogP contribution in [0.1, 0.15) is 16.1 Å². The number of hydrogen-bond donors (Lipinski definition) is 2. The molecule has 1 amide bonds. The summed E-state index contributed by atoms with van der Waals surface area (Å²) < 4.78 is 0. The molecule has 1 heterocycles. The number of carbonyl (C=O) groups excluding carboxylic acids is 1. The fourth-order valence-corrected chi connectivity index (χ4v) is 2.10. The molecule has 0 radical (unpaired) electrons. The third-order valence-corrected chi connectivity index (χ3v) is 3.38. The van der Waals surface area contributed by atoms with Crippen molar-refractivity contribution in [2.75, 3.05) is 0 Å². The molecule has 2 N–H and O–H groups in total. The molecule has 3 aromatic rings. The van der Waals surface area contributed by atoms with Gasteiger partial charge in [-0.15, -0.1) is 0 Å². The number of aromatic amines is 1. The maximum Gasteiger partial charge on any atom is 0.289 e. The van der Waals surface area contributed by atoms with Crippen LogP contribution in [-0.2, 0) is 0 Å². The fourth-order valence-electron chi connectivity index (χ4n) is 2.10. The number of hydrazone groups is 1. The molecular formula is C17H13N5O3. The van der Waals surface area contributed by atoms with Crippen molar-refractivity contribution in [3.63, 3.8) is 0 Å². The van der Waals surface area contributed by atoms with Crippen LogP contribution in [0.3, 0.4) is 0 Å². The molecular weight excluding hydrogens is 322 g/mol. The third kappa shape index (κ3) is 3.94. The molecule has 25 heavy (non-hydrogen) atoms. The Labute approximate surface area is 142 Å². The van der Waals surface area contributed by atoms with Crippen LogP contribution in [0.5, 0.6) is 0 Å². The van der Waals surface area contributed by atoms with Gasteiger partial charge in [-0.3, -0.25) is 20.0 Å². The molecule has 0 saturated carbocycles. The minimum atomic E-state index is -0.481. The molecule has 0 bridgehead atoms. The van der Waals surface area contributed by atoms with Gasteiger partial charge in [-0.05, 0) is 23.8 Å². The van der Waals surface area contributed by atoms with Crippen LogP contribution in [0.2, 0.25) is 0 Å². The van der Waals surface area contributed by atoms with Crippen LogP contribution in [0.4, 0.5) is 5.69 Å². The summed E-state index contributed by atoms with van der Waals surface area (Å²) in [6.45, 7) is 0.